The molecule has 196 valence electrons. The van der Waals surface area contributed by atoms with E-state index < -0.39 is 27.6 Å². The number of carboxylic acid groups (broad SMARTS) is 1. The summed E-state index contributed by atoms with van der Waals surface area (Å²) in [5.74, 6) is -2.26. The molecular weight excluding hydrogens is 498 g/mol. The number of hydrogen-bond donors (Lipinski definition) is 6. The molecular formula is C24H29N7O5S. The highest BCUT2D eigenvalue weighted by Gasteiger charge is 2.44. The first-order valence-electron chi connectivity index (χ1n) is 11.9. The molecule has 0 aliphatic carbocycles. The second-order valence-electron chi connectivity index (χ2n) is 8.64. The first kappa shape index (κ1) is 26.4. The molecule has 37 heavy (non-hydrogen) atoms. The summed E-state index contributed by atoms with van der Waals surface area (Å²) in [5, 5.41) is 26.5. The minimum Gasteiger partial charge on any atom is -0.478 e. The van der Waals surface area contributed by atoms with Gasteiger partial charge in [0.25, 0.3) is 5.91 Å². The Labute approximate surface area is 214 Å². The topological polar surface area (TPSA) is 178 Å². The zero-order valence-corrected chi connectivity index (χ0v) is 20.8. The number of amides is 1. The summed E-state index contributed by atoms with van der Waals surface area (Å²) in [5.41, 5.74) is -1.54. The molecule has 0 radical (unpaired) electrons. The monoisotopic (exact) mass is 527 g/mol. The lowest BCUT2D eigenvalue weighted by Gasteiger charge is -2.31. The molecule has 2 unspecified atom stereocenters. The minimum absolute atomic E-state index is 0.114. The van der Waals surface area contributed by atoms with Gasteiger partial charge in [0.1, 0.15) is 0 Å². The molecule has 1 aromatic heterocycles. The van der Waals surface area contributed by atoms with Crippen molar-refractivity contribution < 1.29 is 23.1 Å². The molecule has 13 heteroatoms. The van der Waals surface area contributed by atoms with Crippen molar-refractivity contribution in [2.24, 2.45) is 4.99 Å². The lowest BCUT2D eigenvalue weighted by atomic mass is 10.0. The van der Waals surface area contributed by atoms with Crippen LogP contribution in [-0.2, 0) is 14.8 Å². The fourth-order valence-electron chi connectivity index (χ4n) is 3.97. The van der Waals surface area contributed by atoms with Crippen molar-refractivity contribution in [1.29, 1.82) is 0 Å². The van der Waals surface area contributed by atoms with Crippen molar-refractivity contribution in [3.05, 3.63) is 60.3 Å². The van der Waals surface area contributed by atoms with E-state index >= 15 is 0 Å². The van der Waals surface area contributed by atoms with Gasteiger partial charge >= 0.3 is 5.97 Å². The number of aliphatic imine (C=N–C) groups is 1. The number of benzene rings is 2. The van der Waals surface area contributed by atoms with Crippen LogP contribution in [0, 0.1) is 0 Å². The molecule has 1 aliphatic heterocycles. The van der Waals surface area contributed by atoms with E-state index in [0.717, 1.165) is 18.4 Å². The molecule has 0 bridgehead atoms. The normalized spacial score (nSPS) is 17.4. The Morgan fingerprint density at radius 3 is 2.68 bits per heavy atom. The van der Waals surface area contributed by atoms with Crippen molar-refractivity contribution in [2.45, 2.75) is 42.5 Å². The number of nitrogens with zero attached hydrogens (tertiary/aromatic N) is 2. The Kier molecular flexibility index (Phi) is 8.28. The van der Waals surface area contributed by atoms with Crippen molar-refractivity contribution in [3.8, 4) is 0 Å². The van der Waals surface area contributed by atoms with Crippen LogP contribution in [0.15, 0.2) is 64.6 Å². The number of unbranched alkanes of at least 4 members (excludes halogenated alkanes) is 1. The molecule has 0 spiro atoms. The van der Waals surface area contributed by atoms with Gasteiger partial charge in [0, 0.05) is 23.7 Å². The van der Waals surface area contributed by atoms with E-state index in [-0.39, 0.29) is 23.2 Å². The van der Waals surface area contributed by atoms with Gasteiger partial charge in [-0.3, -0.25) is 25.5 Å². The average Bonchev–Trinajstić information content (AvgIpc) is 3.37. The third-order valence-electron chi connectivity index (χ3n) is 5.94. The Balaban J connectivity index is 1.53. The number of carboxylic acids is 1. The number of nitrogens with one attached hydrogen (secondary N) is 5. The number of aromatic amines is 1. The predicted octanol–water partition coefficient (Wildman–Crippen LogP) is 1.16. The number of fused-ring (bicyclic) bond motifs is 1. The molecule has 0 fully saturated rings. The zero-order chi connectivity index (χ0) is 26.3. The molecule has 4 rings (SSSR count). The molecule has 3 aromatic rings. The number of sulfonamides is 1. The summed E-state index contributed by atoms with van der Waals surface area (Å²) in [6, 6.07) is 12.1. The van der Waals surface area contributed by atoms with Crippen LogP contribution < -0.4 is 20.7 Å². The minimum atomic E-state index is -4.28. The maximum absolute atomic E-state index is 13.2. The van der Waals surface area contributed by atoms with Crippen LogP contribution in [0.4, 0.5) is 0 Å². The van der Waals surface area contributed by atoms with Gasteiger partial charge in [-0.15, -0.1) is 0 Å². The second kappa shape index (κ2) is 11.6. The number of hydrogen-bond acceptors (Lipinski definition) is 8. The molecule has 1 amide bonds. The highest BCUT2D eigenvalue weighted by Crippen LogP contribution is 2.20. The molecule has 2 aromatic carbocycles. The van der Waals surface area contributed by atoms with Crippen molar-refractivity contribution in [3.63, 3.8) is 0 Å². The lowest BCUT2D eigenvalue weighted by molar-refractivity contribution is -0.145. The predicted molar refractivity (Wildman–Crippen MR) is 137 cm³/mol. The van der Waals surface area contributed by atoms with E-state index in [0.29, 0.717) is 24.9 Å². The summed E-state index contributed by atoms with van der Waals surface area (Å²) < 4.78 is 28.5. The van der Waals surface area contributed by atoms with Gasteiger partial charge in [0.2, 0.25) is 15.7 Å². The van der Waals surface area contributed by atoms with Crippen molar-refractivity contribution in [1.82, 2.24) is 30.9 Å². The molecule has 12 nitrogen and oxygen atoms in total. The highest BCUT2D eigenvalue weighted by molar-refractivity contribution is 7.89. The number of H-pyrrole nitrogens is 1. The number of aliphatic carboxylic acids is 1. The van der Waals surface area contributed by atoms with Gasteiger partial charge < -0.3 is 10.4 Å². The number of carbonyl (C=O) groups is 2. The number of aromatic nitrogens is 2. The van der Waals surface area contributed by atoms with Gasteiger partial charge in [-0.05, 0) is 56.5 Å². The van der Waals surface area contributed by atoms with Crippen LogP contribution in [0.5, 0.6) is 0 Å². The maximum atomic E-state index is 13.2. The van der Waals surface area contributed by atoms with Crippen LogP contribution in [-0.4, -0.2) is 66.9 Å². The fourth-order valence-corrected chi connectivity index (χ4v) is 5.30. The van der Waals surface area contributed by atoms with Gasteiger partial charge in [-0.1, -0.05) is 24.3 Å². The van der Waals surface area contributed by atoms with E-state index in [4.69, 9.17) is 0 Å². The van der Waals surface area contributed by atoms with Crippen LogP contribution in [0.3, 0.4) is 0 Å². The lowest BCUT2D eigenvalue weighted by Crippen LogP contribution is -2.65. The Bertz CT molecular complexity index is 1380. The average molecular weight is 528 g/mol. The van der Waals surface area contributed by atoms with E-state index in [1.54, 1.807) is 18.3 Å². The molecule has 2 atom stereocenters. The molecule has 0 saturated heterocycles. The van der Waals surface area contributed by atoms with Crippen LogP contribution in [0.25, 0.3) is 10.9 Å². The second-order valence-corrected chi connectivity index (χ2v) is 10.3. The molecule has 1 aliphatic rings. The van der Waals surface area contributed by atoms with E-state index in [2.05, 4.69) is 35.9 Å². The molecule has 6 N–H and O–H groups in total. The zero-order valence-electron chi connectivity index (χ0n) is 20.0. The largest absolute Gasteiger partial charge is 0.478 e. The van der Waals surface area contributed by atoms with E-state index in [1.165, 1.54) is 36.4 Å². The molecule has 2 heterocycles. The van der Waals surface area contributed by atoms with Gasteiger partial charge in [0.15, 0.2) is 6.29 Å². The Morgan fingerprint density at radius 1 is 1.14 bits per heavy atom. The van der Waals surface area contributed by atoms with Crippen LogP contribution >= 0.6 is 0 Å². The van der Waals surface area contributed by atoms with Crippen LogP contribution in [0.1, 0.15) is 36.0 Å². The van der Waals surface area contributed by atoms with E-state index in [9.17, 15) is 23.1 Å². The summed E-state index contributed by atoms with van der Waals surface area (Å²) in [6.07, 6.45) is 4.70. The summed E-state index contributed by atoms with van der Waals surface area (Å²) >= 11 is 0. The van der Waals surface area contributed by atoms with Gasteiger partial charge in [-0.25, -0.2) is 13.2 Å². The summed E-state index contributed by atoms with van der Waals surface area (Å²) in [7, 11) is -4.28. The van der Waals surface area contributed by atoms with E-state index in [1.807, 2.05) is 6.21 Å². The first-order valence-corrected chi connectivity index (χ1v) is 13.3. The quantitative estimate of drug-likeness (QED) is 0.150. The molecule has 0 saturated carbocycles. The van der Waals surface area contributed by atoms with Gasteiger partial charge in [-0.2, -0.15) is 9.82 Å². The number of carbonyl (C=O) groups excluding carboxylic acids is 1. The smallest absolute Gasteiger partial charge is 0.345 e. The van der Waals surface area contributed by atoms with Crippen LogP contribution in [0.2, 0.25) is 0 Å². The highest BCUT2D eigenvalue weighted by atomic mass is 32.2. The maximum Gasteiger partial charge on any atom is 0.345 e. The summed E-state index contributed by atoms with van der Waals surface area (Å²) in [4.78, 5) is 29.9. The number of rotatable bonds is 12. The van der Waals surface area contributed by atoms with Crippen molar-refractivity contribution in [2.75, 3.05) is 13.1 Å². The SMILES string of the molecule is O=C(NC(CCCCNC1N=CCCN1)(NS(=O)(=O)c1ccccc1)C(=O)O)c1ccc2cn[nH]c2c1. The Hall–Kier alpha value is -3.65. The third kappa shape index (κ3) is 6.57. The third-order valence-corrected chi connectivity index (χ3v) is 7.45. The first-order chi connectivity index (χ1) is 17.8. The standard InChI is InChI=1S/C24H29N7O5S/c32-21(17-9-10-18-16-28-30-20(18)15-17)29-24(22(33)34,31-37(35,36)19-7-2-1-3-8-19)11-4-5-12-25-23-26-13-6-14-27-23/h1-3,7-10,13,15-16,23,25,27,31H,4-6,11-12,14H2,(H,28,30)(H,29,32)(H,33,34). The van der Waals surface area contributed by atoms with Crippen molar-refractivity contribution >= 4 is 39.0 Å². The van der Waals surface area contributed by atoms with Gasteiger partial charge in [0.05, 0.1) is 16.6 Å². The Morgan fingerprint density at radius 2 is 1.95 bits per heavy atom. The fraction of sp³-hybridized carbons (Fsp3) is 0.333. The summed E-state index contributed by atoms with van der Waals surface area (Å²) in [6.45, 7) is 1.32.